The molecule has 0 aliphatic carbocycles. The minimum Gasteiger partial charge on any atom is -0.457 e. The lowest BCUT2D eigenvalue weighted by Gasteiger charge is -2.13. The van der Waals surface area contributed by atoms with Crippen molar-refractivity contribution in [3.8, 4) is 17.6 Å². The molecule has 10 heteroatoms. The summed E-state index contributed by atoms with van der Waals surface area (Å²) in [7, 11) is 0. The first-order chi connectivity index (χ1) is 14.7. The van der Waals surface area contributed by atoms with Gasteiger partial charge in [-0.2, -0.15) is 18.4 Å². The number of urea groups is 1. The average Bonchev–Trinajstić information content (AvgIpc) is 2.71. The number of nitrogens with zero attached hydrogens (tertiary/aromatic N) is 1. The van der Waals surface area contributed by atoms with E-state index >= 15 is 0 Å². The van der Waals surface area contributed by atoms with E-state index in [1.54, 1.807) is 30.3 Å². The van der Waals surface area contributed by atoms with E-state index in [9.17, 15) is 18.0 Å². The Morgan fingerprint density at radius 2 is 1.55 bits per heavy atom. The highest BCUT2D eigenvalue weighted by atomic mass is 35.5. The van der Waals surface area contributed by atoms with Gasteiger partial charge in [-0.15, -0.1) is 0 Å². The van der Waals surface area contributed by atoms with Crippen LogP contribution in [0.4, 0.5) is 29.3 Å². The number of carbonyl (C=O) groups is 1. The summed E-state index contributed by atoms with van der Waals surface area (Å²) >= 11 is 11.7. The molecule has 0 heterocycles. The van der Waals surface area contributed by atoms with Crippen molar-refractivity contribution < 1.29 is 22.7 Å². The molecule has 2 N–H and O–H groups in total. The second-order valence-electron chi connectivity index (χ2n) is 6.15. The highest BCUT2D eigenvalue weighted by molar-refractivity contribution is 6.34. The van der Waals surface area contributed by atoms with Crippen LogP contribution in [0.2, 0.25) is 10.0 Å². The van der Waals surface area contributed by atoms with Crippen LogP contribution in [0.25, 0.3) is 0 Å². The maximum absolute atomic E-state index is 13.0. The number of nitriles is 1. The summed E-state index contributed by atoms with van der Waals surface area (Å²) in [6, 6.07) is 15.1. The van der Waals surface area contributed by atoms with Crippen molar-refractivity contribution in [2.75, 3.05) is 10.6 Å². The standard InChI is InChI=1S/C21H12Cl2F3N3O2/c22-17-7-3-13(9-16(17)21(24,25)26)28-20(30)29-19-10-15(6-8-18(19)23)31-14-4-1-12(11-27)2-5-14/h1-10H,(H2,28,29,30). The summed E-state index contributed by atoms with van der Waals surface area (Å²) in [5.74, 6) is 0.799. The first-order valence-corrected chi connectivity index (χ1v) is 9.33. The number of nitrogens with one attached hydrogen (secondary N) is 2. The van der Waals surface area contributed by atoms with Gasteiger partial charge >= 0.3 is 12.2 Å². The molecular weight excluding hydrogens is 454 g/mol. The quantitative estimate of drug-likeness (QED) is 0.423. The molecule has 0 saturated heterocycles. The van der Waals surface area contributed by atoms with Crippen LogP contribution in [-0.4, -0.2) is 6.03 Å². The zero-order valence-corrected chi connectivity index (χ0v) is 16.9. The van der Waals surface area contributed by atoms with E-state index in [2.05, 4.69) is 10.6 Å². The van der Waals surface area contributed by atoms with Gasteiger partial charge in [-0.1, -0.05) is 23.2 Å². The van der Waals surface area contributed by atoms with E-state index in [-0.39, 0.29) is 16.4 Å². The van der Waals surface area contributed by atoms with Gasteiger partial charge in [0.25, 0.3) is 0 Å². The smallest absolute Gasteiger partial charge is 0.417 e. The third-order valence-corrected chi connectivity index (χ3v) is 4.59. The zero-order valence-electron chi connectivity index (χ0n) is 15.4. The molecule has 3 rings (SSSR count). The highest BCUT2D eigenvalue weighted by Crippen LogP contribution is 2.36. The molecular formula is C21H12Cl2F3N3O2. The van der Waals surface area contributed by atoms with Crippen molar-refractivity contribution in [2.24, 2.45) is 0 Å². The predicted molar refractivity (Wildman–Crippen MR) is 112 cm³/mol. The fourth-order valence-corrected chi connectivity index (χ4v) is 2.89. The zero-order chi connectivity index (χ0) is 22.6. The number of benzene rings is 3. The van der Waals surface area contributed by atoms with Crippen LogP contribution in [0.3, 0.4) is 0 Å². The molecule has 3 aromatic carbocycles. The van der Waals surface area contributed by atoms with Gasteiger partial charge in [-0.3, -0.25) is 0 Å². The van der Waals surface area contributed by atoms with Crippen LogP contribution < -0.4 is 15.4 Å². The van der Waals surface area contributed by atoms with Gasteiger partial charge in [0.1, 0.15) is 11.5 Å². The Kier molecular flexibility index (Phi) is 6.59. The summed E-state index contributed by atoms with van der Waals surface area (Å²) in [5, 5.41) is 13.3. The second-order valence-corrected chi connectivity index (χ2v) is 6.97. The number of carbonyl (C=O) groups excluding carboxylic acids is 1. The lowest BCUT2D eigenvalue weighted by molar-refractivity contribution is -0.137. The van der Waals surface area contributed by atoms with Gasteiger partial charge in [-0.25, -0.2) is 4.79 Å². The number of amides is 2. The number of alkyl halides is 3. The average molecular weight is 466 g/mol. The van der Waals surface area contributed by atoms with Crippen LogP contribution in [0.1, 0.15) is 11.1 Å². The number of ether oxygens (including phenoxy) is 1. The third kappa shape index (κ3) is 5.81. The molecule has 0 aliphatic rings. The van der Waals surface area contributed by atoms with Crippen LogP contribution in [0, 0.1) is 11.3 Å². The van der Waals surface area contributed by atoms with Gasteiger partial charge < -0.3 is 15.4 Å². The summed E-state index contributed by atoms with van der Waals surface area (Å²) in [5.41, 5.74) is -0.521. The third-order valence-electron chi connectivity index (χ3n) is 3.93. The van der Waals surface area contributed by atoms with Crippen molar-refractivity contribution in [2.45, 2.75) is 6.18 Å². The molecule has 0 saturated carbocycles. The fraction of sp³-hybridized carbons (Fsp3) is 0.0476. The molecule has 2 amide bonds. The molecule has 158 valence electrons. The Labute approximate surface area is 185 Å². The van der Waals surface area contributed by atoms with Crippen LogP contribution in [0.15, 0.2) is 60.7 Å². The molecule has 3 aromatic rings. The Hall–Kier alpha value is -3.41. The maximum Gasteiger partial charge on any atom is 0.417 e. The minimum absolute atomic E-state index is 0.102. The lowest BCUT2D eigenvalue weighted by Crippen LogP contribution is -2.20. The maximum atomic E-state index is 13.0. The number of hydrogen-bond acceptors (Lipinski definition) is 3. The minimum atomic E-state index is -4.66. The summed E-state index contributed by atoms with van der Waals surface area (Å²) in [6.07, 6.45) is -4.66. The molecule has 0 aliphatic heterocycles. The van der Waals surface area contributed by atoms with E-state index in [1.165, 1.54) is 18.2 Å². The topological polar surface area (TPSA) is 74.1 Å². The molecule has 0 radical (unpaired) electrons. The van der Waals surface area contributed by atoms with E-state index < -0.39 is 22.8 Å². The van der Waals surface area contributed by atoms with Crippen LogP contribution in [-0.2, 0) is 6.18 Å². The number of rotatable bonds is 4. The molecule has 31 heavy (non-hydrogen) atoms. The first kappa shape index (κ1) is 22.3. The SMILES string of the molecule is N#Cc1ccc(Oc2ccc(Cl)c(NC(=O)Nc3ccc(Cl)c(C(F)(F)F)c3)c2)cc1. The van der Waals surface area contributed by atoms with E-state index in [1.807, 2.05) is 6.07 Å². The lowest BCUT2D eigenvalue weighted by atomic mass is 10.2. The summed E-state index contributed by atoms with van der Waals surface area (Å²) < 4.78 is 44.6. The van der Waals surface area contributed by atoms with Gasteiger partial charge in [0.15, 0.2) is 0 Å². The van der Waals surface area contributed by atoms with Crippen molar-refractivity contribution >= 4 is 40.6 Å². The van der Waals surface area contributed by atoms with E-state index in [4.69, 9.17) is 33.2 Å². The molecule has 0 spiro atoms. The van der Waals surface area contributed by atoms with E-state index in [0.29, 0.717) is 17.1 Å². The van der Waals surface area contributed by atoms with E-state index in [0.717, 1.165) is 12.1 Å². The predicted octanol–water partition coefficient (Wildman–Crippen LogP) is 7.32. The molecule has 0 atom stereocenters. The largest absolute Gasteiger partial charge is 0.457 e. The molecule has 0 unspecified atom stereocenters. The first-order valence-electron chi connectivity index (χ1n) is 8.58. The summed E-state index contributed by atoms with van der Waals surface area (Å²) in [4.78, 5) is 12.3. The van der Waals surface area contributed by atoms with Gasteiger partial charge in [0, 0.05) is 11.8 Å². The van der Waals surface area contributed by atoms with Gasteiger partial charge in [0.05, 0.1) is 32.9 Å². The Morgan fingerprint density at radius 3 is 2.19 bits per heavy atom. The number of halogens is 5. The van der Waals surface area contributed by atoms with Crippen LogP contribution in [0.5, 0.6) is 11.5 Å². The molecule has 0 aromatic heterocycles. The van der Waals surface area contributed by atoms with Crippen LogP contribution >= 0.6 is 23.2 Å². The number of anilines is 2. The Balaban J connectivity index is 1.72. The summed E-state index contributed by atoms with van der Waals surface area (Å²) in [6.45, 7) is 0. The van der Waals surface area contributed by atoms with Crippen molar-refractivity contribution in [3.05, 3.63) is 81.8 Å². The monoisotopic (exact) mass is 465 g/mol. The molecule has 0 fully saturated rings. The van der Waals surface area contributed by atoms with Gasteiger partial charge in [0.2, 0.25) is 0 Å². The van der Waals surface area contributed by atoms with Crippen molar-refractivity contribution in [3.63, 3.8) is 0 Å². The Morgan fingerprint density at radius 1 is 0.903 bits per heavy atom. The fourth-order valence-electron chi connectivity index (χ4n) is 2.50. The highest BCUT2D eigenvalue weighted by Gasteiger charge is 2.33. The molecule has 0 bridgehead atoms. The van der Waals surface area contributed by atoms with Crippen molar-refractivity contribution in [1.29, 1.82) is 5.26 Å². The van der Waals surface area contributed by atoms with Crippen molar-refractivity contribution in [1.82, 2.24) is 0 Å². The normalized spacial score (nSPS) is 10.8. The second kappa shape index (κ2) is 9.16. The number of hydrogen-bond donors (Lipinski definition) is 2. The van der Waals surface area contributed by atoms with Gasteiger partial charge in [-0.05, 0) is 54.6 Å². The Bertz CT molecular complexity index is 1160. The molecule has 5 nitrogen and oxygen atoms in total.